The van der Waals surface area contributed by atoms with Crippen LogP contribution in [0.1, 0.15) is 0 Å². The molecule has 3 N–H and O–H groups in total. The summed E-state index contributed by atoms with van der Waals surface area (Å²) in [5, 5.41) is 20.5. The fourth-order valence-electron chi connectivity index (χ4n) is 2.56. The molecule has 0 spiro atoms. The van der Waals surface area contributed by atoms with Gasteiger partial charge in [0.15, 0.2) is 5.11 Å². The largest absolute Gasteiger partial charge is 0.495 e. The van der Waals surface area contributed by atoms with E-state index in [2.05, 4.69) is 16.0 Å². The number of anilines is 4. The zero-order valence-electron chi connectivity index (χ0n) is 15.0. The Morgan fingerprint density at radius 1 is 0.893 bits per heavy atom. The second-order valence-electron chi connectivity index (χ2n) is 5.76. The highest BCUT2D eigenvalue weighted by molar-refractivity contribution is 7.80. The number of ether oxygens (including phenoxy) is 1. The molecule has 0 aliphatic carbocycles. The van der Waals surface area contributed by atoms with Crippen LogP contribution in [0.15, 0.2) is 72.8 Å². The van der Waals surface area contributed by atoms with Gasteiger partial charge in [0.2, 0.25) is 0 Å². The van der Waals surface area contributed by atoms with Crippen molar-refractivity contribution in [3.05, 3.63) is 82.9 Å². The molecule has 3 aromatic rings. The maximum Gasteiger partial charge on any atom is 0.292 e. The number of methoxy groups -OCH3 is 1. The van der Waals surface area contributed by atoms with Gasteiger partial charge in [-0.25, -0.2) is 0 Å². The third-order valence-electron chi connectivity index (χ3n) is 3.88. The topological polar surface area (TPSA) is 88.5 Å². The van der Waals surface area contributed by atoms with Crippen LogP contribution in [-0.2, 0) is 0 Å². The van der Waals surface area contributed by atoms with Gasteiger partial charge in [-0.05, 0) is 54.7 Å². The number of rotatable bonds is 6. The molecule has 28 heavy (non-hydrogen) atoms. The molecule has 8 heteroatoms. The van der Waals surface area contributed by atoms with Gasteiger partial charge in [-0.3, -0.25) is 10.1 Å². The first kappa shape index (κ1) is 19.1. The van der Waals surface area contributed by atoms with Gasteiger partial charge in [0, 0.05) is 17.4 Å². The molecule has 0 aliphatic rings. The average Bonchev–Trinajstić information content (AvgIpc) is 2.70. The van der Waals surface area contributed by atoms with Gasteiger partial charge >= 0.3 is 0 Å². The number of hydrogen-bond acceptors (Lipinski definition) is 5. The molecule has 3 aromatic carbocycles. The summed E-state index contributed by atoms with van der Waals surface area (Å²) in [6.07, 6.45) is 0. The maximum absolute atomic E-state index is 11.1. The molecule has 3 rings (SSSR count). The van der Waals surface area contributed by atoms with E-state index in [1.807, 2.05) is 48.5 Å². The smallest absolute Gasteiger partial charge is 0.292 e. The number of nitro benzene ring substituents is 1. The Morgan fingerprint density at radius 2 is 1.50 bits per heavy atom. The lowest BCUT2D eigenvalue weighted by Crippen LogP contribution is -2.19. The highest BCUT2D eigenvalue weighted by atomic mass is 32.1. The van der Waals surface area contributed by atoms with Crippen LogP contribution in [0, 0.1) is 10.1 Å². The second-order valence-corrected chi connectivity index (χ2v) is 6.16. The third kappa shape index (κ3) is 4.74. The summed E-state index contributed by atoms with van der Waals surface area (Å²) in [6, 6.07) is 21.5. The predicted molar refractivity (Wildman–Crippen MR) is 116 cm³/mol. The van der Waals surface area contributed by atoms with Crippen molar-refractivity contribution in [2.24, 2.45) is 0 Å². The quantitative estimate of drug-likeness (QED) is 0.302. The van der Waals surface area contributed by atoms with Crippen LogP contribution in [-0.4, -0.2) is 17.1 Å². The summed E-state index contributed by atoms with van der Waals surface area (Å²) in [7, 11) is 1.62. The molecule has 0 aromatic heterocycles. The fraction of sp³-hybridized carbons (Fsp3) is 0.0500. The van der Waals surface area contributed by atoms with Gasteiger partial charge < -0.3 is 20.7 Å². The lowest BCUT2D eigenvalue weighted by Gasteiger charge is -2.13. The molecule has 0 saturated heterocycles. The Balaban J connectivity index is 1.64. The standard InChI is InChI=1S/C20H18N4O3S/c1-27-19-9-5-3-7-17(19)21-14-10-12-15(13-11-14)22-20(28)23-16-6-2-4-8-18(16)24(25)26/h2-13,21H,1H3,(H2,22,23,28). The molecule has 0 saturated carbocycles. The Kier molecular flexibility index (Phi) is 6.03. The number of hydrogen-bond donors (Lipinski definition) is 3. The van der Waals surface area contributed by atoms with Crippen LogP contribution in [0.2, 0.25) is 0 Å². The zero-order valence-corrected chi connectivity index (χ0v) is 15.8. The van der Waals surface area contributed by atoms with Crippen LogP contribution in [0.4, 0.5) is 28.4 Å². The van der Waals surface area contributed by atoms with Crippen molar-refractivity contribution in [2.45, 2.75) is 0 Å². The average molecular weight is 394 g/mol. The van der Waals surface area contributed by atoms with Crippen molar-refractivity contribution in [1.82, 2.24) is 0 Å². The van der Waals surface area contributed by atoms with E-state index in [0.717, 1.165) is 22.8 Å². The maximum atomic E-state index is 11.1. The summed E-state index contributed by atoms with van der Waals surface area (Å²) in [4.78, 5) is 10.6. The molecule has 0 radical (unpaired) electrons. The van der Waals surface area contributed by atoms with Crippen LogP contribution >= 0.6 is 12.2 Å². The van der Waals surface area contributed by atoms with E-state index < -0.39 is 4.92 Å². The molecular weight excluding hydrogens is 376 g/mol. The first-order chi connectivity index (χ1) is 13.6. The van der Waals surface area contributed by atoms with Gasteiger partial charge in [0.05, 0.1) is 17.7 Å². The van der Waals surface area contributed by atoms with E-state index in [1.165, 1.54) is 6.07 Å². The Bertz CT molecular complexity index is 993. The molecular formula is C20H18N4O3S. The minimum absolute atomic E-state index is 0.0389. The summed E-state index contributed by atoms with van der Waals surface area (Å²) < 4.78 is 5.33. The van der Waals surface area contributed by atoms with Crippen LogP contribution in [0.5, 0.6) is 5.75 Å². The van der Waals surface area contributed by atoms with Crippen LogP contribution in [0.25, 0.3) is 0 Å². The first-order valence-corrected chi connectivity index (χ1v) is 8.79. The van der Waals surface area contributed by atoms with Crippen molar-refractivity contribution in [3.8, 4) is 5.75 Å². The van der Waals surface area contributed by atoms with E-state index in [9.17, 15) is 10.1 Å². The van der Waals surface area contributed by atoms with E-state index in [4.69, 9.17) is 17.0 Å². The lowest BCUT2D eigenvalue weighted by molar-refractivity contribution is -0.383. The van der Waals surface area contributed by atoms with E-state index >= 15 is 0 Å². The van der Waals surface area contributed by atoms with Gasteiger partial charge in [-0.15, -0.1) is 0 Å². The molecule has 0 unspecified atom stereocenters. The predicted octanol–water partition coefficient (Wildman–Crippen LogP) is 5.16. The fourth-order valence-corrected chi connectivity index (χ4v) is 2.79. The van der Waals surface area contributed by atoms with Crippen molar-refractivity contribution in [2.75, 3.05) is 23.1 Å². The van der Waals surface area contributed by atoms with E-state index in [1.54, 1.807) is 25.3 Å². The van der Waals surface area contributed by atoms with Gasteiger partial charge in [-0.2, -0.15) is 0 Å². The summed E-state index contributed by atoms with van der Waals surface area (Å²) in [5.74, 6) is 0.750. The van der Waals surface area contributed by atoms with Crippen molar-refractivity contribution in [3.63, 3.8) is 0 Å². The van der Waals surface area contributed by atoms with Crippen molar-refractivity contribution >= 4 is 45.8 Å². The molecule has 0 amide bonds. The van der Waals surface area contributed by atoms with E-state index in [0.29, 0.717) is 5.69 Å². The minimum Gasteiger partial charge on any atom is -0.495 e. The highest BCUT2D eigenvalue weighted by Gasteiger charge is 2.13. The number of para-hydroxylation sites is 4. The second kappa shape index (κ2) is 8.83. The molecule has 142 valence electrons. The van der Waals surface area contributed by atoms with Crippen LogP contribution in [0.3, 0.4) is 0 Å². The lowest BCUT2D eigenvalue weighted by atomic mass is 10.2. The van der Waals surface area contributed by atoms with Crippen molar-refractivity contribution in [1.29, 1.82) is 0 Å². The normalized spacial score (nSPS) is 10.0. The molecule has 7 nitrogen and oxygen atoms in total. The number of benzene rings is 3. The number of nitrogens with zero attached hydrogens (tertiary/aromatic N) is 1. The van der Waals surface area contributed by atoms with Crippen LogP contribution < -0.4 is 20.7 Å². The monoisotopic (exact) mass is 394 g/mol. The van der Waals surface area contributed by atoms with Crippen molar-refractivity contribution < 1.29 is 9.66 Å². The first-order valence-electron chi connectivity index (χ1n) is 8.38. The number of nitro groups is 1. The summed E-state index contributed by atoms with van der Waals surface area (Å²) in [5.41, 5.74) is 2.79. The van der Waals surface area contributed by atoms with Gasteiger partial charge in [0.1, 0.15) is 11.4 Å². The summed E-state index contributed by atoms with van der Waals surface area (Å²) in [6.45, 7) is 0. The molecule has 0 heterocycles. The number of thiocarbonyl (C=S) groups is 1. The Morgan fingerprint density at radius 3 is 2.18 bits per heavy atom. The molecule has 0 atom stereocenters. The molecule has 0 fully saturated rings. The Labute approximate surface area is 167 Å². The SMILES string of the molecule is COc1ccccc1Nc1ccc(NC(=S)Nc2ccccc2[N+](=O)[O-])cc1. The summed E-state index contributed by atoms with van der Waals surface area (Å²) >= 11 is 5.26. The van der Waals surface area contributed by atoms with Gasteiger partial charge in [-0.1, -0.05) is 24.3 Å². The van der Waals surface area contributed by atoms with E-state index in [-0.39, 0.29) is 10.8 Å². The number of nitrogens with one attached hydrogen (secondary N) is 3. The molecule has 0 aliphatic heterocycles. The third-order valence-corrected chi connectivity index (χ3v) is 4.08. The highest BCUT2D eigenvalue weighted by Crippen LogP contribution is 2.28. The molecule has 0 bridgehead atoms. The Hall–Kier alpha value is -3.65. The zero-order chi connectivity index (χ0) is 19.9. The van der Waals surface area contributed by atoms with Gasteiger partial charge in [0.25, 0.3) is 5.69 Å². The minimum atomic E-state index is -0.455.